The van der Waals surface area contributed by atoms with Gasteiger partial charge in [-0.1, -0.05) is 12.8 Å². The summed E-state index contributed by atoms with van der Waals surface area (Å²) < 4.78 is 1.52. The SMILES string of the molecule is O=C(NC(CC1CC1)C(=O)O)c1cc(Br)sc1Br. The minimum absolute atomic E-state index is 0.350. The molecule has 0 radical (unpaired) electrons. The molecule has 1 aromatic rings. The van der Waals surface area contributed by atoms with Crippen LogP contribution in [-0.4, -0.2) is 23.0 Å². The molecule has 1 unspecified atom stereocenters. The third-order valence-electron chi connectivity index (χ3n) is 2.77. The molecule has 98 valence electrons. The van der Waals surface area contributed by atoms with Crippen LogP contribution in [0.15, 0.2) is 13.6 Å². The number of carbonyl (C=O) groups excluding carboxylic acids is 1. The average molecular weight is 397 g/mol. The van der Waals surface area contributed by atoms with E-state index in [1.165, 1.54) is 11.3 Å². The predicted octanol–water partition coefficient (Wildman–Crippen LogP) is 3.26. The van der Waals surface area contributed by atoms with E-state index in [0.29, 0.717) is 21.7 Å². The van der Waals surface area contributed by atoms with Gasteiger partial charge in [-0.15, -0.1) is 11.3 Å². The Morgan fingerprint density at radius 3 is 2.61 bits per heavy atom. The Hall–Kier alpha value is -0.400. The molecule has 4 nitrogen and oxygen atoms in total. The number of carboxylic acid groups (broad SMARTS) is 1. The number of aliphatic carboxylic acids is 1. The molecule has 1 aliphatic rings. The van der Waals surface area contributed by atoms with Crippen LogP contribution in [0.5, 0.6) is 0 Å². The van der Waals surface area contributed by atoms with Crippen molar-refractivity contribution in [2.45, 2.75) is 25.3 Å². The first kappa shape index (κ1) is 14.0. The summed E-state index contributed by atoms with van der Waals surface area (Å²) in [4.78, 5) is 23.1. The highest BCUT2D eigenvalue weighted by molar-refractivity contribution is 9.12. The number of nitrogens with one attached hydrogen (secondary N) is 1. The summed E-state index contributed by atoms with van der Waals surface area (Å²) >= 11 is 7.96. The lowest BCUT2D eigenvalue weighted by Crippen LogP contribution is -2.41. The Morgan fingerprint density at radius 2 is 2.17 bits per heavy atom. The second kappa shape index (κ2) is 5.71. The summed E-state index contributed by atoms with van der Waals surface area (Å²) in [6.07, 6.45) is 2.64. The highest BCUT2D eigenvalue weighted by Crippen LogP contribution is 2.34. The van der Waals surface area contributed by atoms with E-state index in [1.54, 1.807) is 6.07 Å². The van der Waals surface area contributed by atoms with Crippen molar-refractivity contribution in [3.8, 4) is 0 Å². The van der Waals surface area contributed by atoms with Crippen molar-refractivity contribution in [1.29, 1.82) is 0 Å². The molecule has 2 rings (SSSR count). The van der Waals surface area contributed by atoms with Gasteiger partial charge in [0.1, 0.15) is 6.04 Å². The van der Waals surface area contributed by atoms with Crippen LogP contribution in [0.25, 0.3) is 0 Å². The average Bonchev–Trinajstić information content (AvgIpc) is 3.02. The van der Waals surface area contributed by atoms with Crippen molar-refractivity contribution < 1.29 is 14.7 Å². The van der Waals surface area contributed by atoms with E-state index < -0.39 is 12.0 Å². The van der Waals surface area contributed by atoms with Gasteiger partial charge in [-0.25, -0.2) is 4.79 Å². The normalized spacial score (nSPS) is 16.3. The minimum Gasteiger partial charge on any atom is -0.480 e. The fraction of sp³-hybridized carbons (Fsp3) is 0.455. The van der Waals surface area contributed by atoms with Crippen LogP contribution in [0.3, 0.4) is 0 Å². The molecule has 18 heavy (non-hydrogen) atoms. The molecule has 1 fully saturated rings. The smallest absolute Gasteiger partial charge is 0.326 e. The molecule has 1 heterocycles. The van der Waals surface area contributed by atoms with Crippen LogP contribution in [0.1, 0.15) is 29.6 Å². The standard InChI is InChI=1S/C11H11Br2NO3S/c12-8-4-6(9(13)18-8)10(15)14-7(11(16)17)3-5-1-2-5/h4-5,7H,1-3H2,(H,14,15)(H,16,17). The van der Waals surface area contributed by atoms with Crippen LogP contribution in [-0.2, 0) is 4.79 Å². The van der Waals surface area contributed by atoms with Gasteiger partial charge in [0.15, 0.2) is 0 Å². The topological polar surface area (TPSA) is 66.4 Å². The van der Waals surface area contributed by atoms with E-state index in [9.17, 15) is 9.59 Å². The minimum atomic E-state index is -0.972. The largest absolute Gasteiger partial charge is 0.480 e. The molecule has 1 amide bonds. The zero-order chi connectivity index (χ0) is 13.3. The number of carbonyl (C=O) groups is 2. The maximum atomic E-state index is 12.0. The quantitative estimate of drug-likeness (QED) is 0.802. The fourth-order valence-electron chi connectivity index (χ4n) is 1.64. The van der Waals surface area contributed by atoms with Crippen LogP contribution in [0.4, 0.5) is 0 Å². The second-order valence-corrected chi connectivity index (χ2v) is 8.03. The monoisotopic (exact) mass is 395 g/mol. The third-order valence-corrected chi connectivity index (χ3v) is 5.11. The van der Waals surface area contributed by atoms with Crippen molar-refractivity contribution in [3.63, 3.8) is 0 Å². The zero-order valence-corrected chi connectivity index (χ0v) is 13.3. The van der Waals surface area contributed by atoms with Crippen LogP contribution >= 0.6 is 43.2 Å². The first-order chi connectivity index (χ1) is 8.47. The number of amides is 1. The predicted molar refractivity (Wildman–Crippen MR) is 76.0 cm³/mol. The Balaban J connectivity index is 2.03. The number of hydrogen-bond donors (Lipinski definition) is 2. The first-order valence-electron chi connectivity index (χ1n) is 5.46. The lowest BCUT2D eigenvalue weighted by molar-refractivity contribution is -0.139. The van der Waals surface area contributed by atoms with Gasteiger partial charge >= 0.3 is 5.97 Å². The maximum Gasteiger partial charge on any atom is 0.326 e. The molecule has 0 spiro atoms. The Kier molecular flexibility index (Phi) is 4.45. The van der Waals surface area contributed by atoms with Gasteiger partial charge in [-0.3, -0.25) is 4.79 Å². The summed E-state index contributed by atoms with van der Waals surface area (Å²) in [5.74, 6) is -0.874. The van der Waals surface area contributed by atoms with Crippen molar-refractivity contribution in [2.75, 3.05) is 0 Å². The molecule has 2 N–H and O–H groups in total. The van der Waals surface area contributed by atoms with Crippen LogP contribution < -0.4 is 5.32 Å². The lowest BCUT2D eigenvalue weighted by Gasteiger charge is -2.13. The number of hydrogen-bond acceptors (Lipinski definition) is 3. The number of rotatable bonds is 5. The second-order valence-electron chi connectivity index (χ2n) is 4.28. The van der Waals surface area contributed by atoms with Crippen molar-refractivity contribution in [1.82, 2.24) is 5.32 Å². The molecular weight excluding hydrogens is 386 g/mol. The summed E-state index contributed by atoms with van der Waals surface area (Å²) in [5, 5.41) is 11.7. The summed E-state index contributed by atoms with van der Waals surface area (Å²) in [5.41, 5.74) is 0.467. The number of carboxylic acids is 1. The van der Waals surface area contributed by atoms with E-state index in [2.05, 4.69) is 37.2 Å². The fourth-order valence-corrected chi connectivity index (χ4v) is 4.43. The van der Waals surface area contributed by atoms with Crippen molar-refractivity contribution >= 4 is 55.1 Å². The molecule has 0 saturated heterocycles. The van der Waals surface area contributed by atoms with Crippen LogP contribution in [0, 0.1) is 5.92 Å². The zero-order valence-electron chi connectivity index (χ0n) is 9.28. The Bertz CT molecular complexity index is 485. The summed E-state index contributed by atoms with van der Waals surface area (Å²) in [6.45, 7) is 0. The van der Waals surface area contributed by atoms with Gasteiger partial charge in [0.2, 0.25) is 0 Å². The molecule has 0 aliphatic heterocycles. The van der Waals surface area contributed by atoms with E-state index in [0.717, 1.165) is 16.6 Å². The third kappa shape index (κ3) is 3.55. The molecule has 7 heteroatoms. The maximum absolute atomic E-state index is 12.0. The summed E-state index contributed by atoms with van der Waals surface area (Å²) in [7, 11) is 0. The molecular formula is C11H11Br2NO3S. The highest BCUT2D eigenvalue weighted by Gasteiger charge is 2.30. The van der Waals surface area contributed by atoms with Gasteiger partial charge in [0.25, 0.3) is 5.91 Å². The van der Waals surface area contributed by atoms with Gasteiger partial charge in [0, 0.05) is 0 Å². The number of halogens is 2. The van der Waals surface area contributed by atoms with Gasteiger partial charge in [0.05, 0.1) is 13.1 Å². The van der Waals surface area contributed by atoms with Gasteiger partial charge in [-0.05, 0) is 50.3 Å². The van der Waals surface area contributed by atoms with Crippen molar-refractivity contribution in [2.24, 2.45) is 5.92 Å². The van der Waals surface area contributed by atoms with E-state index in [4.69, 9.17) is 5.11 Å². The van der Waals surface area contributed by atoms with Crippen LogP contribution in [0.2, 0.25) is 0 Å². The molecule has 1 saturated carbocycles. The van der Waals surface area contributed by atoms with E-state index in [-0.39, 0.29) is 5.91 Å². The first-order valence-corrected chi connectivity index (χ1v) is 7.86. The molecule has 0 aromatic carbocycles. The Labute approximate surface area is 125 Å². The Morgan fingerprint density at radius 1 is 1.50 bits per heavy atom. The molecule has 0 bridgehead atoms. The lowest BCUT2D eigenvalue weighted by atomic mass is 10.1. The highest BCUT2D eigenvalue weighted by atomic mass is 79.9. The molecule has 1 atom stereocenters. The molecule has 1 aliphatic carbocycles. The van der Waals surface area contributed by atoms with E-state index in [1.807, 2.05) is 0 Å². The van der Waals surface area contributed by atoms with E-state index >= 15 is 0 Å². The van der Waals surface area contributed by atoms with Crippen molar-refractivity contribution in [3.05, 3.63) is 19.2 Å². The van der Waals surface area contributed by atoms with Gasteiger partial charge in [-0.2, -0.15) is 0 Å². The summed E-state index contributed by atoms with van der Waals surface area (Å²) in [6, 6.07) is 0.885. The molecule has 1 aromatic heterocycles. The van der Waals surface area contributed by atoms with Gasteiger partial charge < -0.3 is 10.4 Å². The number of thiophene rings is 1.